The molecule has 0 amide bonds. The van der Waals surface area contributed by atoms with E-state index >= 15 is 0 Å². The van der Waals surface area contributed by atoms with Crippen molar-refractivity contribution < 1.29 is 19.7 Å². The number of ether oxygens (including phenoxy) is 1. The maximum atomic E-state index is 11.9. The summed E-state index contributed by atoms with van der Waals surface area (Å²) in [6.45, 7) is 11.1. The quantitative estimate of drug-likeness (QED) is 0.437. The minimum atomic E-state index is -0.842. The van der Waals surface area contributed by atoms with Gasteiger partial charge in [-0.2, -0.15) is 0 Å². The molecule has 0 radical (unpaired) electrons. The molecule has 0 aromatic heterocycles. The van der Waals surface area contributed by atoms with Gasteiger partial charge in [0.25, 0.3) is 0 Å². The van der Waals surface area contributed by atoms with E-state index in [1.54, 1.807) is 13.8 Å². The van der Waals surface area contributed by atoms with Gasteiger partial charge in [-0.1, -0.05) is 13.8 Å². The lowest BCUT2D eigenvalue weighted by Crippen LogP contribution is -2.50. The first kappa shape index (κ1) is 12.5. The number of hydrogen-bond donors (Lipinski definition) is 1. The Morgan fingerprint density at radius 1 is 1.27 bits per heavy atom. The second-order valence-electron chi connectivity index (χ2n) is 5.47. The van der Waals surface area contributed by atoms with Crippen LogP contribution in [0.1, 0.15) is 41.5 Å². The fourth-order valence-corrected chi connectivity index (χ4v) is 2.13. The highest BCUT2D eigenvalue weighted by molar-refractivity contribution is 5.81. The summed E-state index contributed by atoms with van der Waals surface area (Å²) in [5, 5.41) is 8.77. The topological polar surface area (TPSA) is 55.8 Å². The Bertz CT molecular complexity index is 282. The summed E-state index contributed by atoms with van der Waals surface area (Å²) < 4.78 is 5.37. The van der Waals surface area contributed by atoms with E-state index in [0.717, 1.165) is 0 Å². The lowest BCUT2D eigenvalue weighted by atomic mass is 9.59. The molecule has 1 aliphatic rings. The van der Waals surface area contributed by atoms with Gasteiger partial charge in [0.05, 0.1) is 0 Å². The van der Waals surface area contributed by atoms with Crippen LogP contribution in [0.5, 0.6) is 0 Å². The zero-order valence-corrected chi connectivity index (χ0v) is 10.2. The molecule has 4 nitrogen and oxygen atoms in total. The van der Waals surface area contributed by atoms with E-state index in [4.69, 9.17) is 9.99 Å². The third-order valence-corrected chi connectivity index (χ3v) is 4.55. The smallest absolute Gasteiger partial charge is 0.315 e. The predicted octanol–water partition coefficient (Wildman–Crippen LogP) is 2.23. The molecule has 88 valence electrons. The molecule has 1 N–H and O–H groups in total. The minimum absolute atomic E-state index is 0.320. The van der Waals surface area contributed by atoms with Crippen LogP contribution in [-0.2, 0) is 14.4 Å². The third kappa shape index (κ3) is 1.31. The van der Waals surface area contributed by atoms with E-state index in [2.05, 4.69) is 4.89 Å². The van der Waals surface area contributed by atoms with E-state index in [1.165, 1.54) is 0 Å². The Balaban J connectivity index is 3.25. The van der Waals surface area contributed by atoms with Crippen LogP contribution in [0.2, 0.25) is 0 Å². The Hall–Kier alpha value is -0.610. The Morgan fingerprint density at radius 3 is 2.00 bits per heavy atom. The van der Waals surface area contributed by atoms with Gasteiger partial charge in [-0.3, -0.25) is 10.1 Å². The first-order valence-electron chi connectivity index (χ1n) is 5.15. The molecule has 0 saturated carbocycles. The fourth-order valence-electron chi connectivity index (χ4n) is 2.13. The summed E-state index contributed by atoms with van der Waals surface area (Å²) in [7, 11) is 0. The van der Waals surface area contributed by atoms with Crippen LogP contribution in [-0.4, -0.2) is 22.9 Å². The molecule has 2 unspecified atom stereocenters. The number of carbonyl (C=O) groups is 1. The van der Waals surface area contributed by atoms with Gasteiger partial charge in [-0.15, -0.1) is 0 Å². The number of cyclic esters (lactones) is 1. The largest absolute Gasteiger partial charge is 0.459 e. The molecule has 0 spiro atoms. The highest BCUT2D eigenvalue weighted by Crippen LogP contribution is 2.57. The molecule has 1 heterocycles. The molecule has 0 aliphatic carbocycles. The highest BCUT2D eigenvalue weighted by atomic mass is 17.1. The predicted molar refractivity (Wildman–Crippen MR) is 55.2 cm³/mol. The van der Waals surface area contributed by atoms with Crippen LogP contribution >= 0.6 is 0 Å². The second kappa shape index (κ2) is 3.19. The van der Waals surface area contributed by atoms with Crippen LogP contribution in [0.3, 0.4) is 0 Å². The Kier molecular flexibility index (Phi) is 2.65. The maximum Gasteiger partial charge on any atom is 0.315 e. The number of esters is 1. The van der Waals surface area contributed by atoms with E-state index in [0.29, 0.717) is 0 Å². The average molecular weight is 216 g/mol. The Morgan fingerprint density at radius 2 is 1.73 bits per heavy atom. The SMILES string of the molecule is CC(OO)C1(C)C(=O)OC(C)(C)C1(C)C. The Labute approximate surface area is 90.5 Å². The van der Waals surface area contributed by atoms with Crippen LogP contribution < -0.4 is 0 Å². The minimum Gasteiger partial charge on any atom is -0.459 e. The van der Waals surface area contributed by atoms with Crippen molar-refractivity contribution in [2.45, 2.75) is 53.2 Å². The van der Waals surface area contributed by atoms with E-state index < -0.39 is 22.5 Å². The molecule has 15 heavy (non-hydrogen) atoms. The van der Waals surface area contributed by atoms with Crippen molar-refractivity contribution in [3.05, 3.63) is 0 Å². The van der Waals surface area contributed by atoms with Crippen LogP contribution in [0, 0.1) is 10.8 Å². The van der Waals surface area contributed by atoms with Gasteiger partial charge in [0.15, 0.2) is 0 Å². The molecule has 1 saturated heterocycles. The van der Waals surface area contributed by atoms with Crippen molar-refractivity contribution in [3.8, 4) is 0 Å². The van der Waals surface area contributed by atoms with E-state index in [-0.39, 0.29) is 5.97 Å². The molecule has 1 rings (SSSR count). The number of hydrogen-bond acceptors (Lipinski definition) is 4. The molecular formula is C11H20O4. The van der Waals surface area contributed by atoms with Gasteiger partial charge in [0.2, 0.25) is 0 Å². The first-order valence-corrected chi connectivity index (χ1v) is 5.15. The fraction of sp³-hybridized carbons (Fsp3) is 0.909. The third-order valence-electron chi connectivity index (χ3n) is 4.55. The van der Waals surface area contributed by atoms with E-state index in [9.17, 15) is 4.79 Å². The summed E-state index contributed by atoms with van der Waals surface area (Å²) in [5.74, 6) is -0.320. The summed E-state index contributed by atoms with van der Waals surface area (Å²) in [6, 6.07) is 0. The molecule has 1 aliphatic heterocycles. The first-order chi connectivity index (χ1) is 6.61. The average Bonchev–Trinajstić information content (AvgIpc) is 2.24. The van der Waals surface area contributed by atoms with Crippen LogP contribution in [0.15, 0.2) is 0 Å². The van der Waals surface area contributed by atoms with Gasteiger partial charge < -0.3 is 4.74 Å². The normalized spacial score (nSPS) is 35.0. The van der Waals surface area contributed by atoms with Crippen molar-refractivity contribution in [1.29, 1.82) is 0 Å². The number of rotatable bonds is 2. The molecule has 4 heteroatoms. The van der Waals surface area contributed by atoms with Gasteiger partial charge in [0, 0.05) is 5.41 Å². The summed E-state index contributed by atoms with van der Waals surface area (Å²) in [4.78, 5) is 16.2. The van der Waals surface area contributed by atoms with Gasteiger partial charge in [0.1, 0.15) is 17.1 Å². The lowest BCUT2D eigenvalue weighted by molar-refractivity contribution is -0.302. The zero-order chi connectivity index (χ0) is 12.1. The lowest BCUT2D eigenvalue weighted by Gasteiger charge is -2.42. The van der Waals surface area contributed by atoms with Crippen molar-refractivity contribution in [1.82, 2.24) is 0 Å². The number of carbonyl (C=O) groups excluding carboxylic acids is 1. The van der Waals surface area contributed by atoms with Gasteiger partial charge in [-0.05, 0) is 27.7 Å². The highest BCUT2D eigenvalue weighted by Gasteiger charge is 2.66. The van der Waals surface area contributed by atoms with Crippen molar-refractivity contribution in [2.24, 2.45) is 10.8 Å². The van der Waals surface area contributed by atoms with Gasteiger partial charge >= 0.3 is 5.97 Å². The van der Waals surface area contributed by atoms with Crippen LogP contribution in [0.4, 0.5) is 0 Å². The molecule has 2 atom stereocenters. The molecule has 0 aromatic carbocycles. The summed E-state index contributed by atoms with van der Waals surface area (Å²) >= 11 is 0. The van der Waals surface area contributed by atoms with Crippen LogP contribution in [0.25, 0.3) is 0 Å². The molecule has 1 fully saturated rings. The molecule has 0 aromatic rings. The van der Waals surface area contributed by atoms with E-state index in [1.807, 2.05) is 27.7 Å². The van der Waals surface area contributed by atoms with Crippen molar-refractivity contribution >= 4 is 5.97 Å². The monoisotopic (exact) mass is 216 g/mol. The van der Waals surface area contributed by atoms with Crippen molar-refractivity contribution in [2.75, 3.05) is 0 Å². The summed E-state index contributed by atoms with van der Waals surface area (Å²) in [6.07, 6.45) is -0.596. The standard InChI is InChI=1S/C11H20O4/c1-7(15-13)11(6)8(12)14-10(4,5)9(11,2)3/h7,13H,1-6H3. The zero-order valence-electron chi connectivity index (χ0n) is 10.2. The summed E-state index contributed by atoms with van der Waals surface area (Å²) in [5.41, 5.74) is -1.82. The molecule has 0 bridgehead atoms. The maximum absolute atomic E-state index is 11.9. The second-order valence-corrected chi connectivity index (χ2v) is 5.47. The molecular weight excluding hydrogens is 196 g/mol. The van der Waals surface area contributed by atoms with Gasteiger partial charge in [-0.25, -0.2) is 4.89 Å². The van der Waals surface area contributed by atoms with Crippen molar-refractivity contribution in [3.63, 3.8) is 0 Å².